The summed E-state index contributed by atoms with van der Waals surface area (Å²) in [7, 11) is 3.28. The highest BCUT2D eigenvalue weighted by molar-refractivity contribution is 5.81. The fraction of sp³-hybridized carbons (Fsp3) is 0.400. The van der Waals surface area contributed by atoms with Crippen molar-refractivity contribution in [2.45, 2.75) is 39.5 Å². The van der Waals surface area contributed by atoms with Gasteiger partial charge in [0, 0.05) is 51.7 Å². The summed E-state index contributed by atoms with van der Waals surface area (Å²) in [6, 6.07) is 7.82. The number of ether oxygens (including phenoxy) is 3. The number of pyridine rings is 1. The summed E-state index contributed by atoms with van der Waals surface area (Å²) in [6.07, 6.45) is 5.01. The monoisotopic (exact) mass is 559 g/mol. The van der Waals surface area contributed by atoms with Crippen LogP contribution in [0, 0.1) is 0 Å². The predicted molar refractivity (Wildman–Crippen MR) is 158 cm³/mol. The Kier molecular flexibility index (Phi) is 7.87. The molecule has 11 nitrogen and oxygen atoms in total. The Balaban J connectivity index is 1.26. The lowest BCUT2D eigenvalue weighted by atomic mass is 10.1. The molecule has 0 radical (unpaired) electrons. The molecule has 1 amide bonds. The van der Waals surface area contributed by atoms with Crippen molar-refractivity contribution in [3.05, 3.63) is 66.3 Å². The molecule has 2 aliphatic heterocycles. The van der Waals surface area contributed by atoms with Gasteiger partial charge in [-0.05, 0) is 56.2 Å². The average Bonchev–Trinajstić information content (AvgIpc) is 3.39. The van der Waals surface area contributed by atoms with E-state index < -0.39 is 5.60 Å². The van der Waals surface area contributed by atoms with Gasteiger partial charge in [0.15, 0.2) is 11.5 Å². The third-order valence-corrected chi connectivity index (χ3v) is 7.02. The average molecular weight is 560 g/mol. The molecule has 1 fully saturated rings. The highest BCUT2D eigenvalue weighted by Gasteiger charge is 2.27. The van der Waals surface area contributed by atoms with E-state index >= 15 is 0 Å². The molecule has 0 aliphatic carbocycles. The fourth-order valence-corrected chi connectivity index (χ4v) is 4.98. The number of carbonyl (C=O) groups excluding carboxylic acids is 1. The molecule has 11 heteroatoms. The minimum atomic E-state index is -0.516. The number of benzene rings is 1. The smallest absolute Gasteiger partial charge is 0.410 e. The van der Waals surface area contributed by atoms with Gasteiger partial charge in [-0.25, -0.2) is 14.8 Å². The van der Waals surface area contributed by atoms with Crippen LogP contribution < -0.4 is 24.6 Å². The standard InChI is InChI=1S/C30H37N7O4/c1-20(23-7-10-32-28(34-23)37-18-21-15-26(39-5)27(40-6)16-22(21)19-37)33-24-17-31-9-8-25(24)35-11-13-36(14-12-35)29(38)41-30(2,3)4/h7-10,15-17,33H,1,11-14,18-19H2,2-6H3. The highest BCUT2D eigenvalue weighted by Crippen LogP contribution is 2.36. The van der Waals surface area contributed by atoms with Crippen LogP contribution in [0.1, 0.15) is 37.6 Å². The molecule has 4 heterocycles. The summed E-state index contributed by atoms with van der Waals surface area (Å²) in [5.74, 6) is 2.03. The summed E-state index contributed by atoms with van der Waals surface area (Å²) in [6.45, 7) is 13.7. The van der Waals surface area contributed by atoms with E-state index in [2.05, 4.69) is 31.7 Å². The van der Waals surface area contributed by atoms with Gasteiger partial charge in [-0.3, -0.25) is 4.98 Å². The topological polar surface area (TPSA) is 105 Å². The van der Waals surface area contributed by atoms with Crippen molar-refractivity contribution < 1.29 is 19.0 Å². The second kappa shape index (κ2) is 11.5. The maximum Gasteiger partial charge on any atom is 0.410 e. The largest absolute Gasteiger partial charge is 0.493 e. The Hall–Kier alpha value is -4.54. The zero-order chi connectivity index (χ0) is 29.1. The van der Waals surface area contributed by atoms with Crippen molar-refractivity contribution in [3.63, 3.8) is 0 Å². The first-order valence-corrected chi connectivity index (χ1v) is 13.6. The first-order chi connectivity index (χ1) is 19.6. The number of nitrogens with zero attached hydrogens (tertiary/aromatic N) is 6. The number of nitrogens with one attached hydrogen (secondary N) is 1. The van der Waals surface area contributed by atoms with Crippen LogP contribution in [0.15, 0.2) is 49.4 Å². The van der Waals surface area contributed by atoms with Gasteiger partial charge in [0.1, 0.15) is 5.60 Å². The molecule has 1 N–H and O–H groups in total. The minimum Gasteiger partial charge on any atom is -0.493 e. The van der Waals surface area contributed by atoms with Crippen LogP contribution in [0.5, 0.6) is 11.5 Å². The molecule has 0 unspecified atom stereocenters. The van der Waals surface area contributed by atoms with E-state index in [0.29, 0.717) is 68.1 Å². The first-order valence-electron chi connectivity index (χ1n) is 13.6. The number of hydrogen-bond acceptors (Lipinski definition) is 10. The van der Waals surface area contributed by atoms with Crippen molar-refractivity contribution in [1.29, 1.82) is 0 Å². The number of methoxy groups -OCH3 is 2. The quantitative estimate of drug-likeness (QED) is 0.443. The molecule has 41 heavy (non-hydrogen) atoms. The normalized spacial score (nSPS) is 14.9. The first kappa shape index (κ1) is 28.0. The van der Waals surface area contributed by atoms with Gasteiger partial charge in [-0.2, -0.15) is 0 Å². The van der Waals surface area contributed by atoms with Crippen molar-refractivity contribution >= 4 is 29.1 Å². The molecule has 0 saturated carbocycles. The molecule has 1 aromatic carbocycles. The summed E-state index contributed by atoms with van der Waals surface area (Å²) >= 11 is 0. The van der Waals surface area contributed by atoms with E-state index in [-0.39, 0.29) is 6.09 Å². The molecule has 5 rings (SSSR count). The zero-order valence-corrected chi connectivity index (χ0v) is 24.3. The fourth-order valence-electron chi connectivity index (χ4n) is 4.98. The van der Waals surface area contributed by atoms with Crippen molar-refractivity contribution in [3.8, 4) is 11.5 Å². The highest BCUT2D eigenvalue weighted by atomic mass is 16.6. The summed E-state index contributed by atoms with van der Waals surface area (Å²) in [4.78, 5) is 32.3. The van der Waals surface area contributed by atoms with Crippen molar-refractivity contribution in [1.82, 2.24) is 19.9 Å². The van der Waals surface area contributed by atoms with Gasteiger partial charge in [0.25, 0.3) is 0 Å². The van der Waals surface area contributed by atoms with Gasteiger partial charge in [-0.15, -0.1) is 0 Å². The van der Waals surface area contributed by atoms with Gasteiger partial charge in [0.2, 0.25) is 5.95 Å². The van der Waals surface area contributed by atoms with Gasteiger partial charge >= 0.3 is 6.09 Å². The van der Waals surface area contributed by atoms with Crippen LogP contribution in [-0.2, 0) is 17.8 Å². The minimum absolute atomic E-state index is 0.280. The Labute approximate surface area is 240 Å². The van der Waals surface area contributed by atoms with Crippen LogP contribution >= 0.6 is 0 Å². The van der Waals surface area contributed by atoms with E-state index in [9.17, 15) is 4.79 Å². The molecule has 0 spiro atoms. The Morgan fingerprint density at radius 2 is 1.61 bits per heavy atom. The van der Waals surface area contributed by atoms with Gasteiger partial charge in [-0.1, -0.05) is 6.58 Å². The lowest BCUT2D eigenvalue weighted by Gasteiger charge is -2.37. The summed E-state index contributed by atoms with van der Waals surface area (Å²) in [5, 5.41) is 3.41. The Morgan fingerprint density at radius 1 is 0.951 bits per heavy atom. The summed E-state index contributed by atoms with van der Waals surface area (Å²) < 4.78 is 16.5. The van der Waals surface area contributed by atoms with Crippen LogP contribution in [0.4, 0.5) is 22.1 Å². The van der Waals surface area contributed by atoms with Crippen LogP contribution in [0.3, 0.4) is 0 Å². The van der Waals surface area contributed by atoms with Crippen LogP contribution in [0.25, 0.3) is 5.70 Å². The Bertz CT molecular complexity index is 1400. The van der Waals surface area contributed by atoms with Crippen LogP contribution in [-0.4, -0.2) is 71.9 Å². The lowest BCUT2D eigenvalue weighted by Crippen LogP contribution is -2.50. The third kappa shape index (κ3) is 6.29. The molecule has 0 bridgehead atoms. The molecular weight excluding hydrogens is 522 g/mol. The van der Waals surface area contributed by atoms with E-state index in [1.54, 1.807) is 37.7 Å². The molecule has 1 saturated heterocycles. The Morgan fingerprint density at radius 3 is 2.22 bits per heavy atom. The number of fused-ring (bicyclic) bond motifs is 1. The number of anilines is 3. The number of hydrogen-bond donors (Lipinski definition) is 1. The maximum absolute atomic E-state index is 12.5. The van der Waals surface area contributed by atoms with E-state index in [0.717, 1.165) is 22.5 Å². The number of amides is 1. The molecule has 2 aromatic heterocycles. The second-order valence-electron chi connectivity index (χ2n) is 11.0. The SMILES string of the molecule is C=C(Nc1cnccc1N1CCN(C(=O)OC(C)(C)C)CC1)c1ccnc(N2Cc3cc(OC)c(OC)cc3C2)n1. The van der Waals surface area contributed by atoms with E-state index in [1.165, 1.54) is 0 Å². The zero-order valence-electron chi connectivity index (χ0n) is 24.3. The number of piperazine rings is 1. The third-order valence-electron chi connectivity index (χ3n) is 7.02. The van der Waals surface area contributed by atoms with E-state index in [4.69, 9.17) is 19.2 Å². The van der Waals surface area contributed by atoms with Gasteiger partial charge < -0.3 is 34.2 Å². The maximum atomic E-state index is 12.5. The second-order valence-corrected chi connectivity index (χ2v) is 11.0. The summed E-state index contributed by atoms with van der Waals surface area (Å²) in [5.41, 5.74) is 4.91. The van der Waals surface area contributed by atoms with Crippen molar-refractivity contribution in [2.24, 2.45) is 0 Å². The molecule has 3 aromatic rings. The molecule has 216 valence electrons. The van der Waals surface area contributed by atoms with Gasteiger partial charge in [0.05, 0.1) is 43.2 Å². The number of aromatic nitrogens is 3. The predicted octanol–water partition coefficient (Wildman–Crippen LogP) is 4.55. The van der Waals surface area contributed by atoms with E-state index in [1.807, 2.05) is 45.0 Å². The number of carbonyl (C=O) groups is 1. The van der Waals surface area contributed by atoms with Crippen molar-refractivity contribution in [2.75, 3.05) is 55.5 Å². The number of rotatable bonds is 7. The lowest BCUT2D eigenvalue weighted by molar-refractivity contribution is 0.0240. The molecular formula is C30H37N7O4. The van der Waals surface area contributed by atoms with Crippen LogP contribution in [0.2, 0.25) is 0 Å². The molecule has 2 aliphatic rings. The molecule has 0 atom stereocenters.